The van der Waals surface area contributed by atoms with Crippen molar-refractivity contribution >= 4 is 5.97 Å². The van der Waals surface area contributed by atoms with Gasteiger partial charge in [-0.15, -0.1) is 0 Å². The number of halogens is 1. The number of hydrogen-bond acceptors (Lipinski definition) is 2. The molecule has 10 heavy (non-hydrogen) atoms. The second-order valence-corrected chi connectivity index (χ2v) is 2.54. The molecule has 2 N–H and O–H groups in total. The number of carboxylic acids is 1. The summed E-state index contributed by atoms with van der Waals surface area (Å²) in [5, 5.41) is 11.1. The summed E-state index contributed by atoms with van der Waals surface area (Å²) in [4.78, 5) is 10.1. The Labute approximate surface area is 58.2 Å². The van der Waals surface area contributed by atoms with E-state index in [0.717, 1.165) is 0 Å². The third-order valence-corrected chi connectivity index (χ3v) is 1.59. The van der Waals surface area contributed by atoms with Crippen LogP contribution in [-0.2, 0) is 4.79 Å². The van der Waals surface area contributed by atoms with Crippen molar-refractivity contribution in [3.8, 4) is 0 Å². The van der Waals surface area contributed by atoms with Crippen LogP contribution < -0.4 is 5.32 Å². The molecule has 58 valence electrons. The van der Waals surface area contributed by atoms with E-state index in [9.17, 15) is 9.18 Å². The summed E-state index contributed by atoms with van der Waals surface area (Å²) in [7, 11) is 0. The third-order valence-electron chi connectivity index (χ3n) is 1.59. The van der Waals surface area contributed by atoms with Crippen molar-refractivity contribution in [1.29, 1.82) is 0 Å². The summed E-state index contributed by atoms with van der Waals surface area (Å²) in [6.45, 7) is 0.304. The van der Waals surface area contributed by atoms with Gasteiger partial charge in [0, 0.05) is 12.6 Å². The van der Waals surface area contributed by atoms with E-state index >= 15 is 0 Å². The van der Waals surface area contributed by atoms with Crippen molar-refractivity contribution in [1.82, 2.24) is 5.32 Å². The maximum absolute atomic E-state index is 12.4. The van der Waals surface area contributed by atoms with E-state index in [1.54, 1.807) is 0 Å². The largest absolute Gasteiger partial charge is 0.481 e. The number of alkyl halides is 1. The maximum atomic E-state index is 12.4. The van der Waals surface area contributed by atoms with Gasteiger partial charge in [-0.05, 0) is 6.42 Å². The minimum absolute atomic E-state index is 0.0282. The molecule has 1 aliphatic heterocycles. The molecule has 0 aromatic heterocycles. The SMILES string of the molecule is O=C(O)C[C@@H]1C[C@H](F)CN1. The quantitative estimate of drug-likeness (QED) is 0.585. The van der Waals surface area contributed by atoms with Gasteiger partial charge in [0.15, 0.2) is 0 Å². The Morgan fingerprint density at radius 3 is 2.90 bits per heavy atom. The number of rotatable bonds is 2. The maximum Gasteiger partial charge on any atom is 0.304 e. The number of aliphatic carboxylic acids is 1. The molecule has 0 aliphatic carbocycles. The Morgan fingerprint density at radius 1 is 1.80 bits per heavy atom. The summed E-state index contributed by atoms with van der Waals surface area (Å²) in [6, 6.07) is -0.160. The Hall–Kier alpha value is -0.640. The molecule has 1 aliphatic rings. The molecular weight excluding hydrogens is 137 g/mol. The minimum atomic E-state index is -0.869. The van der Waals surface area contributed by atoms with Gasteiger partial charge in [-0.2, -0.15) is 0 Å². The molecule has 0 unspecified atom stereocenters. The van der Waals surface area contributed by atoms with Crippen LogP contribution in [0.2, 0.25) is 0 Å². The first kappa shape index (κ1) is 7.47. The van der Waals surface area contributed by atoms with Gasteiger partial charge in [0.25, 0.3) is 0 Å². The molecular formula is C6H10FNO2. The number of nitrogens with one attached hydrogen (secondary N) is 1. The molecule has 0 amide bonds. The molecule has 0 bridgehead atoms. The standard InChI is InChI=1S/C6H10FNO2/c7-4-1-5(8-3-4)2-6(9)10/h4-5,8H,1-3H2,(H,9,10)/t4-,5-/m0/s1. The van der Waals surface area contributed by atoms with E-state index in [1.807, 2.05) is 0 Å². The number of carboxylic acid groups (broad SMARTS) is 1. The first-order chi connectivity index (χ1) is 4.68. The molecule has 0 saturated carbocycles. The van der Waals surface area contributed by atoms with Gasteiger partial charge in [-0.3, -0.25) is 4.79 Å². The normalized spacial score (nSPS) is 32.5. The smallest absolute Gasteiger partial charge is 0.304 e. The van der Waals surface area contributed by atoms with Gasteiger partial charge in [-0.25, -0.2) is 4.39 Å². The lowest BCUT2D eigenvalue weighted by atomic mass is 10.1. The molecule has 1 saturated heterocycles. The molecule has 1 rings (SSSR count). The van der Waals surface area contributed by atoms with Crippen LogP contribution in [0.4, 0.5) is 4.39 Å². The first-order valence-electron chi connectivity index (χ1n) is 3.27. The van der Waals surface area contributed by atoms with Crippen molar-refractivity contribution in [2.24, 2.45) is 0 Å². The highest BCUT2D eigenvalue weighted by atomic mass is 19.1. The predicted octanol–water partition coefficient (Wildman–Crippen LogP) is 0.161. The predicted molar refractivity (Wildman–Crippen MR) is 33.6 cm³/mol. The molecule has 1 heterocycles. The highest BCUT2D eigenvalue weighted by Crippen LogP contribution is 2.12. The Morgan fingerprint density at radius 2 is 2.50 bits per heavy atom. The molecule has 3 nitrogen and oxygen atoms in total. The lowest BCUT2D eigenvalue weighted by molar-refractivity contribution is -0.137. The van der Waals surface area contributed by atoms with Crippen LogP contribution in [0.15, 0.2) is 0 Å². The van der Waals surface area contributed by atoms with Crippen LogP contribution in [0.3, 0.4) is 0 Å². The summed E-state index contributed by atoms with van der Waals surface area (Å²) in [5.74, 6) is -0.869. The molecule has 0 radical (unpaired) electrons. The minimum Gasteiger partial charge on any atom is -0.481 e. The van der Waals surface area contributed by atoms with Gasteiger partial charge in [0.05, 0.1) is 6.42 Å². The number of carbonyl (C=O) groups is 1. The van der Waals surface area contributed by atoms with E-state index in [0.29, 0.717) is 13.0 Å². The van der Waals surface area contributed by atoms with Crippen LogP contribution in [0.5, 0.6) is 0 Å². The van der Waals surface area contributed by atoms with Crippen molar-refractivity contribution in [3.63, 3.8) is 0 Å². The fraction of sp³-hybridized carbons (Fsp3) is 0.833. The molecule has 1 fully saturated rings. The highest BCUT2D eigenvalue weighted by molar-refractivity contribution is 5.67. The summed E-state index contributed by atoms with van der Waals surface area (Å²) < 4.78 is 12.4. The van der Waals surface area contributed by atoms with Crippen LogP contribution in [0.1, 0.15) is 12.8 Å². The van der Waals surface area contributed by atoms with Crippen LogP contribution in [0, 0.1) is 0 Å². The highest BCUT2D eigenvalue weighted by Gasteiger charge is 2.24. The Bertz CT molecular complexity index is 140. The fourth-order valence-corrected chi connectivity index (χ4v) is 1.14. The summed E-state index contributed by atoms with van der Waals surface area (Å²) in [5.41, 5.74) is 0. The zero-order valence-corrected chi connectivity index (χ0v) is 5.51. The molecule has 4 heteroatoms. The van der Waals surface area contributed by atoms with Gasteiger partial charge in [-0.1, -0.05) is 0 Å². The monoisotopic (exact) mass is 147 g/mol. The van der Waals surface area contributed by atoms with Gasteiger partial charge in [0.2, 0.25) is 0 Å². The summed E-state index contributed by atoms with van der Waals surface area (Å²) in [6.07, 6.45) is -0.489. The zero-order valence-electron chi connectivity index (χ0n) is 5.51. The first-order valence-corrected chi connectivity index (χ1v) is 3.27. The molecule has 0 aromatic rings. The van der Waals surface area contributed by atoms with Crippen molar-refractivity contribution in [3.05, 3.63) is 0 Å². The molecule has 2 atom stereocenters. The van der Waals surface area contributed by atoms with Crippen molar-refractivity contribution in [2.45, 2.75) is 25.1 Å². The lowest BCUT2D eigenvalue weighted by Gasteiger charge is -2.03. The topological polar surface area (TPSA) is 49.3 Å². The van der Waals surface area contributed by atoms with Crippen molar-refractivity contribution < 1.29 is 14.3 Å². The van der Waals surface area contributed by atoms with E-state index in [4.69, 9.17) is 5.11 Å². The third kappa shape index (κ3) is 1.95. The van der Waals surface area contributed by atoms with E-state index < -0.39 is 12.1 Å². The fourth-order valence-electron chi connectivity index (χ4n) is 1.14. The molecule has 0 spiro atoms. The number of hydrogen-bond donors (Lipinski definition) is 2. The molecule has 0 aromatic carbocycles. The van der Waals surface area contributed by atoms with Crippen LogP contribution >= 0.6 is 0 Å². The average Bonchev–Trinajstić information content (AvgIpc) is 2.13. The van der Waals surface area contributed by atoms with Crippen molar-refractivity contribution in [2.75, 3.05) is 6.54 Å². The van der Waals surface area contributed by atoms with Gasteiger partial charge in [0.1, 0.15) is 6.17 Å². The van der Waals surface area contributed by atoms with E-state index in [-0.39, 0.29) is 12.5 Å². The Balaban J connectivity index is 2.24. The van der Waals surface area contributed by atoms with Crippen LogP contribution in [0.25, 0.3) is 0 Å². The Kier molecular flexibility index (Phi) is 2.21. The second-order valence-electron chi connectivity index (χ2n) is 2.54. The van der Waals surface area contributed by atoms with Crippen LogP contribution in [-0.4, -0.2) is 29.8 Å². The van der Waals surface area contributed by atoms with E-state index in [2.05, 4.69) is 5.32 Å². The van der Waals surface area contributed by atoms with Gasteiger partial charge >= 0.3 is 5.97 Å². The summed E-state index contributed by atoms with van der Waals surface area (Å²) >= 11 is 0. The van der Waals surface area contributed by atoms with Gasteiger partial charge < -0.3 is 10.4 Å². The lowest BCUT2D eigenvalue weighted by Crippen LogP contribution is -2.24. The second kappa shape index (κ2) is 2.96. The average molecular weight is 147 g/mol. The zero-order chi connectivity index (χ0) is 7.56. The van der Waals surface area contributed by atoms with E-state index in [1.165, 1.54) is 0 Å².